The summed E-state index contributed by atoms with van der Waals surface area (Å²) < 4.78 is 0. The summed E-state index contributed by atoms with van der Waals surface area (Å²) in [4.78, 5) is 0. The largest absolute Gasteiger partial charge is 0.0984 e. The molecule has 0 amide bonds. The Morgan fingerprint density at radius 2 is 0.776 bits per heavy atom. The molecule has 8 aromatic carbocycles. The van der Waals surface area contributed by atoms with E-state index in [4.69, 9.17) is 0 Å². The average molecular weight is 643 g/mol. The summed E-state index contributed by atoms with van der Waals surface area (Å²) in [6.45, 7) is 8.64. The van der Waals surface area contributed by atoms with Gasteiger partial charge >= 0.3 is 0 Å². The predicted molar refractivity (Wildman–Crippen MR) is 217 cm³/mol. The second kappa shape index (κ2) is 13.4. The smallest absolute Gasteiger partial charge is 0.00264 e. The average Bonchev–Trinajstić information content (AvgIpc) is 3.18. The van der Waals surface area contributed by atoms with Crippen LogP contribution in [0.5, 0.6) is 0 Å². The Morgan fingerprint density at radius 1 is 0.347 bits per heavy atom. The van der Waals surface area contributed by atoms with Gasteiger partial charge in [0.05, 0.1) is 0 Å². The van der Waals surface area contributed by atoms with Gasteiger partial charge in [-0.2, -0.15) is 0 Å². The molecule has 0 spiro atoms. The zero-order valence-corrected chi connectivity index (χ0v) is 28.2. The van der Waals surface area contributed by atoms with Gasteiger partial charge in [0.1, 0.15) is 0 Å². The quantitative estimate of drug-likeness (QED) is 0.145. The molecule has 0 aliphatic carbocycles. The molecular formula is C48H35P. The maximum atomic E-state index is 4.33. The molecule has 232 valence electrons. The van der Waals surface area contributed by atoms with Crippen LogP contribution in [0.4, 0.5) is 0 Å². The monoisotopic (exact) mass is 642 g/mol. The SMILES string of the molecule is C=Cc1c(C=C)c(-c2ccc3cc(P(c4ccccc4)c4ccccc4)ccc3c2)c2ccccc2c1-c1ccc(-c2ccccc2)cc1. The second-order valence-corrected chi connectivity index (χ2v) is 14.4. The predicted octanol–water partition coefficient (Wildman–Crippen LogP) is 12.0. The van der Waals surface area contributed by atoms with Crippen molar-refractivity contribution in [2.75, 3.05) is 0 Å². The van der Waals surface area contributed by atoms with Crippen LogP contribution in [0.1, 0.15) is 11.1 Å². The molecule has 0 atom stereocenters. The lowest BCUT2D eigenvalue weighted by atomic mass is 9.83. The zero-order valence-electron chi connectivity index (χ0n) is 27.3. The standard InChI is InChI=1S/C48H35P/c1-3-43-44(4-2)48(46-23-15-14-22-45(46)47(43)36-26-24-35(25-27-36)34-16-8-5-9-17-34)39-29-28-38-33-42(31-30-37(38)32-39)49(40-18-10-6-11-19-40)41-20-12-7-13-21-41/h3-33H,1-2H2. The normalized spacial score (nSPS) is 11.2. The van der Waals surface area contributed by atoms with Gasteiger partial charge in [-0.15, -0.1) is 0 Å². The fourth-order valence-corrected chi connectivity index (χ4v) is 9.44. The molecule has 0 saturated carbocycles. The third kappa shape index (κ3) is 5.72. The van der Waals surface area contributed by atoms with Gasteiger partial charge in [-0.05, 0) is 102 Å². The molecular weight excluding hydrogens is 608 g/mol. The molecule has 0 bridgehead atoms. The van der Waals surface area contributed by atoms with Crippen molar-refractivity contribution in [1.29, 1.82) is 0 Å². The van der Waals surface area contributed by atoms with Gasteiger partial charge in [0.25, 0.3) is 0 Å². The molecule has 0 unspecified atom stereocenters. The molecule has 0 nitrogen and oxygen atoms in total. The zero-order chi connectivity index (χ0) is 33.2. The number of rotatable bonds is 8. The van der Waals surface area contributed by atoms with E-state index in [0.717, 1.165) is 11.1 Å². The van der Waals surface area contributed by atoms with E-state index < -0.39 is 7.92 Å². The third-order valence-electron chi connectivity index (χ3n) is 9.38. The van der Waals surface area contributed by atoms with Crippen LogP contribution < -0.4 is 15.9 Å². The molecule has 0 aliphatic heterocycles. The Balaban J connectivity index is 1.26. The van der Waals surface area contributed by atoms with Crippen molar-refractivity contribution in [1.82, 2.24) is 0 Å². The van der Waals surface area contributed by atoms with Crippen LogP contribution in [0, 0.1) is 0 Å². The summed E-state index contributed by atoms with van der Waals surface area (Å²) in [7, 11) is -0.674. The van der Waals surface area contributed by atoms with Gasteiger partial charge in [0.15, 0.2) is 0 Å². The van der Waals surface area contributed by atoms with Crippen LogP contribution in [0.2, 0.25) is 0 Å². The molecule has 0 aliphatic rings. The fourth-order valence-electron chi connectivity index (χ4n) is 7.11. The van der Waals surface area contributed by atoms with Crippen molar-refractivity contribution in [2.24, 2.45) is 0 Å². The first-order valence-electron chi connectivity index (χ1n) is 16.7. The first kappa shape index (κ1) is 30.5. The van der Waals surface area contributed by atoms with E-state index in [1.165, 1.54) is 70.8 Å². The van der Waals surface area contributed by atoms with Crippen LogP contribution in [0.15, 0.2) is 189 Å². The maximum Gasteiger partial charge on any atom is -0.00264 e. The third-order valence-corrected chi connectivity index (χ3v) is 11.8. The van der Waals surface area contributed by atoms with E-state index in [2.05, 4.69) is 189 Å². The van der Waals surface area contributed by atoms with E-state index in [1.807, 2.05) is 12.2 Å². The minimum Gasteiger partial charge on any atom is -0.0984 e. The minimum absolute atomic E-state index is 0.674. The van der Waals surface area contributed by atoms with E-state index in [1.54, 1.807) is 0 Å². The van der Waals surface area contributed by atoms with Gasteiger partial charge < -0.3 is 0 Å². The fraction of sp³-hybridized carbons (Fsp3) is 0. The molecule has 0 saturated heterocycles. The van der Waals surface area contributed by atoms with Crippen molar-refractivity contribution in [2.45, 2.75) is 0 Å². The van der Waals surface area contributed by atoms with Gasteiger partial charge in [0, 0.05) is 0 Å². The van der Waals surface area contributed by atoms with E-state index >= 15 is 0 Å². The van der Waals surface area contributed by atoms with Crippen LogP contribution >= 0.6 is 7.92 Å². The molecule has 0 aromatic heterocycles. The Hall–Kier alpha value is -5.81. The molecule has 0 heterocycles. The van der Waals surface area contributed by atoms with Gasteiger partial charge in [-0.25, -0.2) is 0 Å². The first-order valence-corrected chi connectivity index (χ1v) is 18.0. The van der Waals surface area contributed by atoms with Crippen molar-refractivity contribution < 1.29 is 0 Å². The summed E-state index contributed by atoms with van der Waals surface area (Å²) in [5.74, 6) is 0. The Labute approximate surface area is 290 Å². The van der Waals surface area contributed by atoms with Gasteiger partial charge in [-0.1, -0.05) is 189 Å². The van der Waals surface area contributed by atoms with Crippen LogP contribution in [0.25, 0.3) is 67.1 Å². The lowest BCUT2D eigenvalue weighted by Gasteiger charge is -2.21. The molecule has 8 aromatic rings. The number of benzene rings is 8. The summed E-state index contributed by atoms with van der Waals surface area (Å²) in [6, 6.07) is 63.9. The number of fused-ring (bicyclic) bond motifs is 2. The van der Waals surface area contributed by atoms with Crippen molar-refractivity contribution in [3.05, 3.63) is 200 Å². The summed E-state index contributed by atoms with van der Waals surface area (Å²) in [5, 5.41) is 8.93. The van der Waals surface area contributed by atoms with Crippen LogP contribution in [-0.2, 0) is 0 Å². The molecule has 1 heteroatoms. The Morgan fingerprint density at radius 3 is 1.35 bits per heavy atom. The maximum absolute atomic E-state index is 4.33. The molecule has 0 radical (unpaired) electrons. The lowest BCUT2D eigenvalue weighted by molar-refractivity contribution is 1.58. The van der Waals surface area contributed by atoms with E-state index in [9.17, 15) is 0 Å². The minimum atomic E-state index is -0.674. The summed E-state index contributed by atoms with van der Waals surface area (Å²) in [6.07, 6.45) is 4.00. The highest BCUT2D eigenvalue weighted by Crippen LogP contribution is 2.44. The molecule has 0 fully saturated rings. The van der Waals surface area contributed by atoms with Gasteiger partial charge in [-0.3, -0.25) is 0 Å². The molecule has 49 heavy (non-hydrogen) atoms. The van der Waals surface area contributed by atoms with Crippen molar-refractivity contribution in [3.63, 3.8) is 0 Å². The van der Waals surface area contributed by atoms with Crippen molar-refractivity contribution >= 4 is 57.5 Å². The van der Waals surface area contributed by atoms with E-state index in [-0.39, 0.29) is 0 Å². The first-order chi connectivity index (χ1) is 24.2. The van der Waals surface area contributed by atoms with Crippen LogP contribution in [-0.4, -0.2) is 0 Å². The topological polar surface area (TPSA) is 0 Å². The number of hydrogen-bond acceptors (Lipinski definition) is 0. The second-order valence-electron chi connectivity index (χ2n) is 12.2. The van der Waals surface area contributed by atoms with E-state index in [0.29, 0.717) is 0 Å². The summed E-state index contributed by atoms with van der Waals surface area (Å²) >= 11 is 0. The van der Waals surface area contributed by atoms with Crippen molar-refractivity contribution in [3.8, 4) is 33.4 Å². The Kier molecular flexibility index (Phi) is 8.32. The summed E-state index contributed by atoms with van der Waals surface area (Å²) in [5.41, 5.74) is 9.33. The molecule has 0 N–H and O–H groups in total. The highest BCUT2D eigenvalue weighted by atomic mass is 31.1. The lowest BCUT2D eigenvalue weighted by Crippen LogP contribution is -2.20. The Bertz CT molecular complexity index is 2400. The van der Waals surface area contributed by atoms with Crippen LogP contribution in [0.3, 0.4) is 0 Å². The number of hydrogen-bond donors (Lipinski definition) is 0. The van der Waals surface area contributed by atoms with Gasteiger partial charge in [0.2, 0.25) is 0 Å². The molecule has 8 rings (SSSR count). The highest BCUT2D eigenvalue weighted by Gasteiger charge is 2.20. The highest BCUT2D eigenvalue weighted by molar-refractivity contribution is 7.79.